The summed E-state index contributed by atoms with van der Waals surface area (Å²) in [7, 11) is 0. The lowest BCUT2D eigenvalue weighted by Gasteiger charge is -2.23. The molecule has 1 aliphatic carbocycles. The number of hydrogen-bond donors (Lipinski definition) is 2. The molecule has 0 bridgehead atoms. The van der Waals surface area contributed by atoms with Gasteiger partial charge in [-0.2, -0.15) is 0 Å². The zero-order chi connectivity index (χ0) is 11.4. The number of anilines is 1. The Hall–Kier alpha value is -1.51. The minimum atomic E-state index is -0.388. The van der Waals surface area contributed by atoms with Gasteiger partial charge in [-0.1, -0.05) is 25.3 Å². The third-order valence-electron chi connectivity index (χ3n) is 3.05. The summed E-state index contributed by atoms with van der Waals surface area (Å²) in [5.41, 5.74) is 6.65. The highest BCUT2D eigenvalue weighted by Crippen LogP contribution is 2.21. The fraction of sp³-hybridized carbons (Fsp3) is 0.462. The lowest BCUT2D eigenvalue weighted by atomic mass is 9.95. The normalized spacial score (nSPS) is 17.0. The molecule has 1 amide bonds. The lowest BCUT2D eigenvalue weighted by molar-refractivity contribution is 0.100. The molecule has 1 saturated carbocycles. The summed E-state index contributed by atoms with van der Waals surface area (Å²) in [6.07, 6.45) is 6.31. The van der Waals surface area contributed by atoms with Crippen LogP contribution in [0.2, 0.25) is 0 Å². The Balaban J connectivity index is 2.02. The number of primary amides is 1. The SMILES string of the molecule is NC(=O)c1cc[c]c(NC2CCCCC2)c1. The first-order valence-corrected chi connectivity index (χ1v) is 5.84. The maximum Gasteiger partial charge on any atom is 0.248 e. The first-order chi connectivity index (χ1) is 7.75. The molecule has 85 valence electrons. The Morgan fingerprint density at radius 1 is 1.38 bits per heavy atom. The molecule has 3 nitrogen and oxygen atoms in total. The largest absolute Gasteiger partial charge is 0.382 e. The molecule has 0 saturated heterocycles. The fourth-order valence-corrected chi connectivity index (χ4v) is 2.17. The molecule has 0 aliphatic heterocycles. The number of hydrogen-bond acceptors (Lipinski definition) is 2. The molecule has 2 rings (SSSR count). The second-order valence-electron chi connectivity index (χ2n) is 4.33. The van der Waals surface area contributed by atoms with E-state index in [-0.39, 0.29) is 5.91 Å². The Labute approximate surface area is 96.0 Å². The van der Waals surface area contributed by atoms with Crippen molar-refractivity contribution in [1.82, 2.24) is 0 Å². The predicted octanol–water partition coefficient (Wildman–Crippen LogP) is 2.33. The quantitative estimate of drug-likeness (QED) is 0.816. The van der Waals surface area contributed by atoms with E-state index in [0.29, 0.717) is 11.6 Å². The number of amides is 1. The highest BCUT2D eigenvalue weighted by Gasteiger charge is 2.13. The van der Waals surface area contributed by atoms with Crippen LogP contribution in [0.15, 0.2) is 18.2 Å². The van der Waals surface area contributed by atoms with E-state index in [9.17, 15) is 4.79 Å². The number of carbonyl (C=O) groups excluding carboxylic acids is 1. The Bertz CT molecular complexity index is 370. The highest BCUT2D eigenvalue weighted by atomic mass is 16.1. The molecule has 0 spiro atoms. The van der Waals surface area contributed by atoms with Gasteiger partial charge in [-0.05, 0) is 25.0 Å². The molecule has 1 aromatic rings. The van der Waals surface area contributed by atoms with Crippen LogP contribution in [0, 0.1) is 6.07 Å². The van der Waals surface area contributed by atoms with Crippen molar-refractivity contribution in [3.8, 4) is 0 Å². The molecule has 0 aromatic heterocycles. The van der Waals surface area contributed by atoms with Gasteiger partial charge in [0.05, 0.1) is 0 Å². The van der Waals surface area contributed by atoms with E-state index in [1.165, 1.54) is 32.1 Å². The molecular weight excluding hydrogens is 200 g/mol. The summed E-state index contributed by atoms with van der Waals surface area (Å²) in [6, 6.07) is 8.82. The van der Waals surface area contributed by atoms with Gasteiger partial charge in [-0.3, -0.25) is 4.79 Å². The molecular formula is C13H17N2O. The van der Waals surface area contributed by atoms with Gasteiger partial charge in [0.2, 0.25) is 5.91 Å². The van der Waals surface area contributed by atoms with Crippen molar-refractivity contribution in [3.63, 3.8) is 0 Å². The minimum Gasteiger partial charge on any atom is -0.382 e. The molecule has 3 N–H and O–H groups in total. The van der Waals surface area contributed by atoms with Crippen molar-refractivity contribution in [3.05, 3.63) is 29.8 Å². The van der Waals surface area contributed by atoms with Crippen LogP contribution < -0.4 is 11.1 Å². The molecule has 0 atom stereocenters. The van der Waals surface area contributed by atoms with E-state index in [1.807, 2.05) is 0 Å². The molecule has 16 heavy (non-hydrogen) atoms. The van der Waals surface area contributed by atoms with Crippen molar-refractivity contribution >= 4 is 11.6 Å². The van der Waals surface area contributed by atoms with Crippen molar-refractivity contribution in [2.45, 2.75) is 38.1 Å². The number of rotatable bonds is 3. The van der Waals surface area contributed by atoms with Crippen molar-refractivity contribution in [2.24, 2.45) is 5.73 Å². The van der Waals surface area contributed by atoms with Gasteiger partial charge in [-0.25, -0.2) is 0 Å². The van der Waals surface area contributed by atoms with Crippen LogP contribution in [-0.4, -0.2) is 11.9 Å². The van der Waals surface area contributed by atoms with E-state index in [1.54, 1.807) is 18.2 Å². The summed E-state index contributed by atoms with van der Waals surface area (Å²) >= 11 is 0. The summed E-state index contributed by atoms with van der Waals surface area (Å²) < 4.78 is 0. The molecule has 1 radical (unpaired) electrons. The summed E-state index contributed by atoms with van der Waals surface area (Å²) in [4.78, 5) is 11.0. The van der Waals surface area contributed by atoms with Gasteiger partial charge < -0.3 is 11.1 Å². The third-order valence-corrected chi connectivity index (χ3v) is 3.05. The van der Waals surface area contributed by atoms with Crippen LogP contribution in [0.5, 0.6) is 0 Å². The van der Waals surface area contributed by atoms with Gasteiger partial charge in [0.15, 0.2) is 0 Å². The van der Waals surface area contributed by atoms with E-state index < -0.39 is 0 Å². The van der Waals surface area contributed by atoms with Crippen LogP contribution >= 0.6 is 0 Å². The zero-order valence-electron chi connectivity index (χ0n) is 9.33. The Morgan fingerprint density at radius 2 is 2.12 bits per heavy atom. The molecule has 0 heterocycles. The van der Waals surface area contributed by atoms with Crippen LogP contribution in [0.4, 0.5) is 5.69 Å². The Kier molecular flexibility index (Phi) is 3.44. The molecule has 1 fully saturated rings. The van der Waals surface area contributed by atoms with E-state index in [4.69, 9.17) is 5.73 Å². The third kappa shape index (κ3) is 2.75. The zero-order valence-corrected chi connectivity index (χ0v) is 9.33. The van der Waals surface area contributed by atoms with Gasteiger partial charge in [0.25, 0.3) is 0 Å². The fourth-order valence-electron chi connectivity index (χ4n) is 2.17. The Morgan fingerprint density at radius 3 is 2.81 bits per heavy atom. The van der Waals surface area contributed by atoms with Crippen molar-refractivity contribution < 1.29 is 4.79 Å². The molecule has 1 aliphatic rings. The number of nitrogens with one attached hydrogen (secondary N) is 1. The van der Waals surface area contributed by atoms with Gasteiger partial charge in [0.1, 0.15) is 0 Å². The first-order valence-electron chi connectivity index (χ1n) is 5.84. The van der Waals surface area contributed by atoms with Crippen LogP contribution in [0.1, 0.15) is 42.5 Å². The van der Waals surface area contributed by atoms with Gasteiger partial charge >= 0.3 is 0 Å². The van der Waals surface area contributed by atoms with Crippen molar-refractivity contribution in [1.29, 1.82) is 0 Å². The smallest absolute Gasteiger partial charge is 0.248 e. The average Bonchev–Trinajstić information content (AvgIpc) is 2.30. The van der Waals surface area contributed by atoms with E-state index in [2.05, 4.69) is 11.4 Å². The van der Waals surface area contributed by atoms with E-state index in [0.717, 1.165) is 5.69 Å². The second kappa shape index (κ2) is 5.01. The molecule has 3 heteroatoms. The number of nitrogens with two attached hydrogens (primary N) is 1. The van der Waals surface area contributed by atoms with Crippen LogP contribution in [0.3, 0.4) is 0 Å². The van der Waals surface area contributed by atoms with Crippen molar-refractivity contribution in [2.75, 3.05) is 5.32 Å². The summed E-state index contributed by atoms with van der Waals surface area (Å²) in [5, 5.41) is 3.41. The minimum absolute atomic E-state index is 0.388. The number of carbonyl (C=O) groups is 1. The standard InChI is InChI=1S/C13H17N2O/c14-13(16)10-5-4-8-12(9-10)15-11-6-2-1-3-7-11/h4-5,9,11,15H,1-3,6-7H2,(H2,14,16). The maximum absolute atomic E-state index is 11.0. The highest BCUT2D eigenvalue weighted by molar-refractivity contribution is 5.93. The first kappa shape index (κ1) is 11.0. The lowest BCUT2D eigenvalue weighted by Crippen LogP contribution is -2.22. The molecule has 1 aromatic carbocycles. The summed E-state index contributed by atoms with van der Waals surface area (Å²) in [6.45, 7) is 0. The predicted molar refractivity (Wildman–Crippen MR) is 64.3 cm³/mol. The molecule has 0 unspecified atom stereocenters. The topological polar surface area (TPSA) is 55.1 Å². The average molecular weight is 217 g/mol. The van der Waals surface area contributed by atoms with E-state index >= 15 is 0 Å². The van der Waals surface area contributed by atoms with Crippen LogP contribution in [0.25, 0.3) is 0 Å². The van der Waals surface area contributed by atoms with Gasteiger partial charge in [-0.15, -0.1) is 0 Å². The monoisotopic (exact) mass is 217 g/mol. The van der Waals surface area contributed by atoms with Gasteiger partial charge in [0, 0.05) is 23.4 Å². The number of benzene rings is 1. The second-order valence-corrected chi connectivity index (χ2v) is 4.33. The maximum atomic E-state index is 11.0. The summed E-state index contributed by atoms with van der Waals surface area (Å²) in [5.74, 6) is -0.388. The van der Waals surface area contributed by atoms with Crippen LogP contribution in [-0.2, 0) is 0 Å².